The van der Waals surface area contributed by atoms with Gasteiger partial charge in [-0.25, -0.2) is 0 Å². The van der Waals surface area contributed by atoms with Crippen molar-refractivity contribution in [2.45, 2.75) is 40.0 Å². The first-order chi connectivity index (χ1) is 7.53. The zero-order chi connectivity index (χ0) is 12.0. The van der Waals surface area contributed by atoms with Gasteiger partial charge in [-0.2, -0.15) is 0 Å². The second-order valence-electron chi connectivity index (χ2n) is 4.97. The monoisotopic (exact) mass is 303 g/mol. The lowest BCUT2D eigenvalue weighted by molar-refractivity contribution is 0.304. The number of nitrogens with one attached hydrogen (secondary N) is 1. The van der Waals surface area contributed by atoms with Gasteiger partial charge < -0.3 is 5.32 Å². The van der Waals surface area contributed by atoms with Crippen LogP contribution in [0.2, 0.25) is 0 Å². The molecule has 0 radical (unpaired) electrons. The lowest BCUT2D eigenvalue weighted by Crippen LogP contribution is -2.22. The van der Waals surface area contributed by atoms with Gasteiger partial charge in [-0.15, -0.1) is 11.3 Å². The van der Waals surface area contributed by atoms with Gasteiger partial charge in [0, 0.05) is 4.88 Å². The van der Waals surface area contributed by atoms with Gasteiger partial charge >= 0.3 is 0 Å². The van der Waals surface area contributed by atoms with Gasteiger partial charge in [0.15, 0.2) is 0 Å². The standard InChI is InChI=1S/C13H22BrNS/c1-4-15-10-9-13(2,3)8-7-11-5-6-12(14)16-11/h5-6,15H,4,7-10H2,1-3H3. The fourth-order valence-electron chi connectivity index (χ4n) is 1.68. The zero-order valence-electron chi connectivity index (χ0n) is 10.5. The molecule has 3 heteroatoms. The summed E-state index contributed by atoms with van der Waals surface area (Å²) in [5, 5.41) is 3.40. The molecule has 0 bridgehead atoms. The van der Waals surface area contributed by atoms with Crippen molar-refractivity contribution >= 4 is 27.3 Å². The maximum Gasteiger partial charge on any atom is 0.0701 e. The Morgan fingerprint density at radius 2 is 2.06 bits per heavy atom. The van der Waals surface area contributed by atoms with Gasteiger partial charge in [-0.1, -0.05) is 20.8 Å². The Kier molecular flexibility index (Phi) is 6.01. The molecule has 0 saturated carbocycles. The highest BCUT2D eigenvalue weighted by Gasteiger charge is 2.17. The highest BCUT2D eigenvalue weighted by molar-refractivity contribution is 9.11. The lowest BCUT2D eigenvalue weighted by atomic mass is 9.84. The van der Waals surface area contributed by atoms with Crippen molar-refractivity contribution in [3.05, 3.63) is 20.8 Å². The van der Waals surface area contributed by atoms with Gasteiger partial charge in [0.25, 0.3) is 0 Å². The topological polar surface area (TPSA) is 12.0 Å². The van der Waals surface area contributed by atoms with Gasteiger partial charge in [0.05, 0.1) is 3.79 Å². The molecule has 0 aliphatic heterocycles. The van der Waals surface area contributed by atoms with Crippen LogP contribution in [0.25, 0.3) is 0 Å². The molecule has 1 aromatic rings. The van der Waals surface area contributed by atoms with Crippen LogP contribution in [0.3, 0.4) is 0 Å². The molecule has 92 valence electrons. The van der Waals surface area contributed by atoms with Crippen molar-refractivity contribution in [2.75, 3.05) is 13.1 Å². The van der Waals surface area contributed by atoms with Crippen molar-refractivity contribution in [1.82, 2.24) is 5.32 Å². The predicted molar refractivity (Wildman–Crippen MR) is 77.3 cm³/mol. The molecule has 0 saturated heterocycles. The van der Waals surface area contributed by atoms with E-state index in [4.69, 9.17) is 0 Å². The molecule has 1 N–H and O–H groups in total. The van der Waals surface area contributed by atoms with Crippen molar-refractivity contribution in [3.63, 3.8) is 0 Å². The molecule has 0 amide bonds. The summed E-state index contributed by atoms with van der Waals surface area (Å²) in [4.78, 5) is 1.49. The van der Waals surface area contributed by atoms with E-state index >= 15 is 0 Å². The SMILES string of the molecule is CCNCCC(C)(C)CCc1ccc(Br)s1. The molecular formula is C13H22BrNS. The van der Waals surface area contributed by atoms with Crippen LogP contribution in [-0.2, 0) is 6.42 Å². The van der Waals surface area contributed by atoms with Crippen LogP contribution in [0.15, 0.2) is 15.9 Å². The molecule has 0 unspecified atom stereocenters. The van der Waals surface area contributed by atoms with Crippen molar-refractivity contribution < 1.29 is 0 Å². The van der Waals surface area contributed by atoms with Crippen molar-refractivity contribution in [2.24, 2.45) is 5.41 Å². The molecule has 0 aliphatic rings. The van der Waals surface area contributed by atoms with Crippen LogP contribution in [0.5, 0.6) is 0 Å². The smallest absolute Gasteiger partial charge is 0.0701 e. The third-order valence-corrected chi connectivity index (χ3v) is 4.59. The van der Waals surface area contributed by atoms with E-state index < -0.39 is 0 Å². The average Bonchev–Trinajstić information content (AvgIpc) is 2.62. The predicted octanol–water partition coefficient (Wildman–Crippen LogP) is 4.47. The first kappa shape index (κ1) is 14.2. The van der Waals surface area contributed by atoms with Gasteiger partial charge in [-0.05, 0) is 65.8 Å². The summed E-state index contributed by atoms with van der Waals surface area (Å²) in [6.07, 6.45) is 3.73. The Labute approximate surface area is 112 Å². The normalized spacial score (nSPS) is 12.0. The maximum atomic E-state index is 3.51. The van der Waals surface area contributed by atoms with Crippen LogP contribution in [0.4, 0.5) is 0 Å². The minimum Gasteiger partial charge on any atom is -0.317 e. The molecule has 0 atom stereocenters. The summed E-state index contributed by atoms with van der Waals surface area (Å²) in [5.41, 5.74) is 0.443. The van der Waals surface area contributed by atoms with E-state index in [0.717, 1.165) is 13.1 Å². The van der Waals surface area contributed by atoms with Crippen LogP contribution in [-0.4, -0.2) is 13.1 Å². The molecule has 0 aliphatic carbocycles. The zero-order valence-corrected chi connectivity index (χ0v) is 12.9. The van der Waals surface area contributed by atoms with E-state index in [-0.39, 0.29) is 0 Å². The highest BCUT2D eigenvalue weighted by atomic mass is 79.9. The lowest BCUT2D eigenvalue weighted by Gasteiger charge is -2.24. The number of thiophene rings is 1. The summed E-state index contributed by atoms with van der Waals surface area (Å²) >= 11 is 5.37. The first-order valence-electron chi connectivity index (χ1n) is 5.98. The van der Waals surface area contributed by atoms with E-state index in [1.807, 2.05) is 11.3 Å². The van der Waals surface area contributed by atoms with Crippen molar-refractivity contribution in [1.29, 1.82) is 0 Å². The van der Waals surface area contributed by atoms with Crippen LogP contribution in [0, 0.1) is 5.41 Å². The Balaban J connectivity index is 2.29. The summed E-state index contributed by atoms with van der Waals surface area (Å²) in [7, 11) is 0. The second kappa shape index (κ2) is 6.77. The Morgan fingerprint density at radius 1 is 1.31 bits per heavy atom. The Hall–Kier alpha value is 0.140. The molecule has 0 fully saturated rings. The van der Waals surface area contributed by atoms with E-state index in [1.54, 1.807) is 0 Å². The minimum atomic E-state index is 0.443. The Bertz CT molecular complexity index is 307. The average molecular weight is 304 g/mol. The van der Waals surface area contributed by atoms with E-state index in [9.17, 15) is 0 Å². The van der Waals surface area contributed by atoms with Gasteiger partial charge in [0.2, 0.25) is 0 Å². The van der Waals surface area contributed by atoms with E-state index in [1.165, 1.54) is 27.9 Å². The van der Waals surface area contributed by atoms with Crippen LogP contribution >= 0.6 is 27.3 Å². The summed E-state index contributed by atoms with van der Waals surface area (Å²) in [5.74, 6) is 0. The van der Waals surface area contributed by atoms with Gasteiger partial charge in [0.1, 0.15) is 0 Å². The number of hydrogen-bond acceptors (Lipinski definition) is 2. The summed E-state index contributed by atoms with van der Waals surface area (Å²) < 4.78 is 1.24. The van der Waals surface area contributed by atoms with Crippen molar-refractivity contribution in [3.8, 4) is 0 Å². The molecule has 0 aromatic carbocycles. The number of hydrogen-bond donors (Lipinski definition) is 1. The summed E-state index contributed by atoms with van der Waals surface area (Å²) in [6, 6.07) is 4.38. The summed E-state index contributed by atoms with van der Waals surface area (Å²) in [6.45, 7) is 9.11. The molecule has 1 nitrogen and oxygen atoms in total. The molecule has 1 rings (SSSR count). The third kappa shape index (κ3) is 5.46. The second-order valence-corrected chi connectivity index (χ2v) is 7.52. The number of aryl methyl sites for hydroxylation is 1. The first-order valence-corrected chi connectivity index (χ1v) is 7.59. The number of rotatable bonds is 7. The largest absolute Gasteiger partial charge is 0.317 e. The van der Waals surface area contributed by atoms with E-state index in [0.29, 0.717) is 5.41 Å². The van der Waals surface area contributed by atoms with Crippen LogP contribution in [0.1, 0.15) is 38.5 Å². The number of halogens is 1. The fraction of sp³-hybridized carbons (Fsp3) is 0.692. The Morgan fingerprint density at radius 3 is 2.62 bits per heavy atom. The minimum absolute atomic E-state index is 0.443. The molecule has 0 spiro atoms. The quantitative estimate of drug-likeness (QED) is 0.733. The molecule has 1 aromatic heterocycles. The molecule has 1 heterocycles. The molecule has 16 heavy (non-hydrogen) atoms. The highest BCUT2D eigenvalue weighted by Crippen LogP contribution is 2.29. The van der Waals surface area contributed by atoms with Gasteiger partial charge in [-0.3, -0.25) is 0 Å². The molecular weight excluding hydrogens is 282 g/mol. The maximum absolute atomic E-state index is 3.51. The fourth-order valence-corrected chi connectivity index (χ4v) is 3.16. The third-order valence-electron chi connectivity index (χ3n) is 2.91. The van der Waals surface area contributed by atoms with E-state index in [2.05, 4.69) is 54.2 Å². The van der Waals surface area contributed by atoms with Crippen LogP contribution < -0.4 is 5.32 Å².